The fourth-order valence-corrected chi connectivity index (χ4v) is 1.68. The van der Waals surface area contributed by atoms with Crippen LogP contribution in [0.15, 0.2) is 0 Å². The van der Waals surface area contributed by atoms with Gasteiger partial charge in [0.25, 0.3) is 0 Å². The SMILES string of the molecule is CCC(C)NCCN(C)C1CCOC1. The minimum atomic E-state index is 0.642. The first-order valence-corrected chi connectivity index (χ1v) is 5.75. The molecule has 2 atom stereocenters. The lowest BCUT2D eigenvalue weighted by molar-refractivity contribution is 0.159. The van der Waals surface area contributed by atoms with Gasteiger partial charge in [-0.25, -0.2) is 0 Å². The molecule has 2 unspecified atom stereocenters. The summed E-state index contributed by atoms with van der Waals surface area (Å²) in [5, 5.41) is 3.50. The maximum atomic E-state index is 5.36. The summed E-state index contributed by atoms with van der Waals surface area (Å²) in [6, 6.07) is 1.29. The van der Waals surface area contributed by atoms with Crippen molar-refractivity contribution in [1.29, 1.82) is 0 Å². The van der Waals surface area contributed by atoms with Crippen LogP contribution < -0.4 is 5.32 Å². The second kappa shape index (κ2) is 6.38. The van der Waals surface area contributed by atoms with Crippen LogP contribution in [-0.4, -0.2) is 50.3 Å². The molecule has 0 saturated carbocycles. The molecule has 0 aromatic heterocycles. The van der Waals surface area contributed by atoms with Crippen molar-refractivity contribution < 1.29 is 4.74 Å². The van der Waals surface area contributed by atoms with Crippen LogP contribution in [0.4, 0.5) is 0 Å². The summed E-state index contributed by atoms with van der Waals surface area (Å²) >= 11 is 0. The monoisotopic (exact) mass is 200 g/mol. The Hall–Kier alpha value is -0.120. The van der Waals surface area contributed by atoms with E-state index in [1.807, 2.05) is 0 Å². The van der Waals surface area contributed by atoms with Crippen LogP contribution in [0.3, 0.4) is 0 Å². The molecule has 1 fully saturated rings. The Morgan fingerprint density at radius 3 is 2.93 bits per heavy atom. The van der Waals surface area contributed by atoms with Crippen molar-refractivity contribution in [3.05, 3.63) is 0 Å². The normalized spacial score (nSPS) is 24.4. The van der Waals surface area contributed by atoms with Crippen molar-refractivity contribution >= 4 is 0 Å². The van der Waals surface area contributed by atoms with Gasteiger partial charge in [-0.2, -0.15) is 0 Å². The Labute approximate surface area is 87.8 Å². The third kappa shape index (κ3) is 3.95. The van der Waals surface area contributed by atoms with E-state index in [4.69, 9.17) is 4.74 Å². The molecule has 1 saturated heterocycles. The quantitative estimate of drug-likeness (QED) is 0.695. The van der Waals surface area contributed by atoms with E-state index >= 15 is 0 Å². The Balaban J connectivity index is 2.05. The van der Waals surface area contributed by atoms with Crippen molar-refractivity contribution in [3.63, 3.8) is 0 Å². The lowest BCUT2D eigenvalue weighted by Crippen LogP contribution is -2.39. The Bertz CT molecular complexity index is 146. The standard InChI is InChI=1S/C11H24N2O/c1-4-10(2)12-6-7-13(3)11-5-8-14-9-11/h10-12H,4-9H2,1-3H3. The highest BCUT2D eigenvalue weighted by atomic mass is 16.5. The Morgan fingerprint density at radius 2 is 2.36 bits per heavy atom. The topological polar surface area (TPSA) is 24.5 Å². The first-order valence-electron chi connectivity index (χ1n) is 5.75. The summed E-state index contributed by atoms with van der Waals surface area (Å²) in [5.74, 6) is 0. The highest BCUT2D eigenvalue weighted by Crippen LogP contribution is 2.09. The van der Waals surface area contributed by atoms with Gasteiger partial charge in [0.15, 0.2) is 0 Å². The summed E-state index contributed by atoms with van der Waals surface area (Å²) in [5.41, 5.74) is 0. The Kier molecular flexibility index (Phi) is 5.45. The molecule has 1 N–H and O–H groups in total. The molecule has 1 aliphatic heterocycles. The second-order valence-electron chi connectivity index (χ2n) is 4.26. The van der Waals surface area contributed by atoms with Gasteiger partial charge in [-0.15, -0.1) is 0 Å². The number of hydrogen-bond donors (Lipinski definition) is 1. The van der Waals surface area contributed by atoms with Crippen LogP contribution in [0, 0.1) is 0 Å². The van der Waals surface area contributed by atoms with Gasteiger partial charge < -0.3 is 10.1 Å². The average Bonchev–Trinajstić information content (AvgIpc) is 2.70. The highest BCUT2D eigenvalue weighted by Gasteiger charge is 2.19. The molecule has 0 aromatic carbocycles. The van der Waals surface area contributed by atoms with E-state index < -0.39 is 0 Å². The second-order valence-corrected chi connectivity index (χ2v) is 4.26. The molecule has 14 heavy (non-hydrogen) atoms. The van der Waals surface area contributed by atoms with Gasteiger partial charge in [-0.1, -0.05) is 6.92 Å². The largest absolute Gasteiger partial charge is 0.380 e. The van der Waals surface area contributed by atoms with Gasteiger partial charge in [-0.05, 0) is 26.8 Å². The zero-order chi connectivity index (χ0) is 10.4. The summed E-state index contributed by atoms with van der Waals surface area (Å²) in [6.45, 7) is 8.51. The molecule has 84 valence electrons. The molecule has 1 rings (SSSR count). The van der Waals surface area contributed by atoms with E-state index in [9.17, 15) is 0 Å². The highest BCUT2D eigenvalue weighted by molar-refractivity contribution is 4.73. The van der Waals surface area contributed by atoms with E-state index in [2.05, 4.69) is 31.1 Å². The predicted octanol–water partition coefficient (Wildman–Crippen LogP) is 1.10. The average molecular weight is 200 g/mol. The number of hydrogen-bond acceptors (Lipinski definition) is 3. The molecule has 0 bridgehead atoms. The lowest BCUT2D eigenvalue weighted by Gasteiger charge is -2.23. The molecular formula is C11H24N2O. The zero-order valence-electron chi connectivity index (χ0n) is 9.75. The summed E-state index contributed by atoms with van der Waals surface area (Å²) in [7, 11) is 2.19. The minimum Gasteiger partial charge on any atom is -0.380 e. The van der Waals surface area contributed by atoms with Crippen molar-refractivity contribution in [3.8, 4) is 0 Å². The van der Waals surface area contributed by atoms with E-state index in [-0.39, 0.29) is 0 Å². The molecule has 3 nitrogen and oxygen atoms in total. The van der Waals surface area contributed by atoms with Gasteiger partial charge in [-0.3, -0.25) is 4.90 Å². The summed E-state index contributed by atoms with van der Waals surface area (Å²) in [4.78, 5) is 2.41. The lowest BCUT2D eigenvalue weighted by atomic mass is 10.2. The minimum absolute atomic E-state index is 0.642. The van der Waals surface area contributed by atoms with Crippen LogP contribution in [0.5, 0.6) is 0 Å². The van der Waals surface area contributed by atoms with E-state index in [0.717, 1.165) is 26.3 Å². The maximum absolute atomic E-state index is 5.36. The Morgan fingerprint density at radius 1 is 1.57 bits per heavy atom. The first-order chi connectivity index (χ1) is 6.74. The van der Waals surface area contributed by atoms with Crippen molar-refractivity contribution in [1.82, 2.24) is 10.2 Å². The molecular weight excluding hydrogens is 176 g/mol. The first kappa shape index (κ1) is 12.0. The van der Waals surface area contributed by atoms with Crippen molar-refractivity contribution in [2.24, 2.45) is 0 Å². The van der Waals surface area contributed by atoms with Gasteiger partial charge in [0.1, 0.15) is 0 Å². The van der Waals surface area contributed by atoms with Crippen LogP contribution >= 0.6 is 0 Å². The number of ether oxygens (including phenoxy) is 1. The van der Waals surface area contributed by atoms with Crippen LogP contribution in [0.2, 0.25) is 0 Å². The predicted molar refractivity (Wildman–Crippen MR) is 59.6 cm³/mol. The number of nitrogens with zero attached hydrogens (tertiary/aromatic N) is 1. The van der Waals surface area contributed by atoms with Gasteiger partial charge in [0.2, 0.25) is 0 Å². The number of rotatable bonds is 6. The van der Waals surface area contributed by atoms with Crippen LogP contribution in [0.1, 0.15) is 26.7 Å². The fraction of sp³-hybridized carbons (Fsp3) is 1.00. The molecule has 3 heteroatoms. The fourth-order valence-electron chi connectivity index (χ4n) is 1.68. The van der Waals surface area contributed by atoms with Gasteiger partial charge >= 0.3 is 0 Å². The third-order valence-electron chi connectivity index (χ3n) is 3.10. The summed E-state index contributed by atoms with van der Waals surface area (Å²) in [6.07, 6.45) is 2.40. The molecule has 0 aliphatic carbocycles. The third-order valence-corrected chi connectivity index (χ3v) is 3.10. The molecule has 0 radical (unpaired) electrons. The number of nitrogens with one attached hydrogen (secondary N) is 1. The smallest absolute Gasteiger partial charge is 0.0622 e. The van der Waals surface area contributed by atoms with E-state index in [1.165, 1.54) is 12.8 Å². The zero-order valence-corrected chi connectivity index (χ0v) is 9.75. The van der Waals surface area contributed by atoms with Crippen LogP contribution in [-0.2, 0) is 4.74 Å². The molecule has 1 heterocycles. The molecule has 0 amide bonds. The van der Waals surface area contributed by atoms with Gasteiger partial charge in [0.05, 0.1) is 6.61 Å². The van der Waals surface area contributed by atoms with Crippen LogP contribution in [0.25, 0.3) is 0 Å². The molecule has 0 aromatic rings. The van der Waals surface area contributed by atoms with Crippen molar-refractivity contribution in [2.45, 2.75) is 38.8 Å². The number of likely N-dealkylation sites (N-methyl/N-ethyl adjacent to an activating group) is 1. The van der Waals surface area contributed by atoms with E-state index in [0.29, 0.717) is 12.1 Å². The van der Waals surface area contributed by atoms with E-state index in [1.54, 1.807) is 0 Å². The molecule has 1 aliphatic rings. The maximum Gasteiger partial charge on any atom is 0.0622 e. The van der Waals surface area contributed by atoms with Crippen molar-refractivity contribution in [2.75, 3.05) is 33.4 Å². The summed E-state index contributed by atoms with van der Waals surface area (Å²) < 4.78 is 5.36. The molecule has 0 spiro atoms. The van der Waals surface area contributed by atoms with Gasteiger partial charge in [0, 0.05) is 31.8 Å².